The highest BCUT2D eigenvalue weighted by Gasteiger charge is 2.14. The molecule has 4 heteroatoms. The van der Waals surface area contributed by atoms with E-state index in [1.807, 2.05) is 6.07 Å². The van der Waals surface area contributed by atoms with Gasteiger partial charge in [-0.15, -0.1) is 0 Å². The molecule has 4 rings (SSSR count). The molecule has 0 fully saturated rings. The Morgan fingerprint density at radius 3 is 2.91 bits per heavy atom. The van der Waals surface area contributed by atoms with Crippen LogP contribution in [0.1, 0.15) is 23.6 Å². The summed E-state index contributed by atoms with van der Waals surface area (Å²) in [6.07, 6.45) is 2.18. The third-order valence-electron chi connectivity index (χ3n) is 4.51. The van der Waals surface area contributed by atoms with Crippen molar-refractivity contribution >= 4 is 5.69 Å². The monoisotopic (exact) mass is 310 g/mol. The Morgan fingerprint density at radius 1 is 1.09 bits per heavy atom. The zero-order chi connectivity index (χ0) is 15.6. The van der Waals surface area contributed by atoms with E-state index in [9.17, 15) is 0 Å². The molecule has 0 saturated heterocycles. The fourth-order valence-corrected chi connectivity index (χ4v) is 3.25. The summed E-state index contributed by atoms with van der Waals surface area (Å²) < 4.78 is 10.8. The van der Waals surface area contributed by atoms with E-state index in [0.717, 1.165) is 37.4 Å². The van der Waals surface area contributed by atoms with E-state index in [4.69, 9.17) is 9.47 Å². The Bertz CT molecular complexity index is 715. The van der Waals surface area contributed by atoms with Crippen LogP contribution in [0.5, 0.6) is 11.5 Å². The first-order chi connectivity index (χ1) is 11.3. The van der Waals surface area contributed by atoms with Crippen molar-refractivity contribution in [3.8, 4) is 11.5 Å². The van der Waals surface area contributed by atoms with E-state index in [2.05, 4.69) is 47.9 Å². The van der Waals surface area contributed by atoms with Crippen LogP contribution in [0.15, 0.2) is 36.4 Å². The molecule has 2 aromatic carbocycles. The standard InChI is InChI=1S/C19H22N2O2/c1-13(8-14-2-4-17-16(9-14)6-7-20-17)21-11-15-3-5-18-19(10-15)23-12-22-18/h2-5,9-10,13,20-21H,6-8,11-12H2,1H3. The molecule has 0 bridgehead atoms. The summed E-state index contributed by atoms with van der Waals surface area (Å²) in [5.41, 5.74) is 5.37. The first kappa shape index (κ1) is 14.4. The minimum absolute atomic E-state index is 0.329. The number of rotatable bonds is 5. The van der Waals surface area contributed by atoms with E-state index >= 15 is 0 Å². The van der Waals surface area contributed by atoms with Gasteiger partial charge in [0.15, 0.2) is 11.5 Å². The molecule has 2 N–H and O–H groups in total. The largest absolute Gasteiger partial charge is 0.454 e. The van der Waals surface area contributed by atoms with Gasteiger partial charge in [0.05, 0.1) is 0 Å². The minimum atomic E-state index is 0.329. The predicted octanol–water partition coefficient (Wildman–Crippen LogP) is 3.10. The number of hydrogen-bond donors (Lipinski definition) is 2. The van der Waals surface area contributed by atoms with Crippen molar-refractivity contribution in [3.63, 3.8) is 0 Å². The molecule has 0 saturated carbocycles. The number of ether oxygens (including phenoxy) is 2. The summed E-state index contributed by atoms with van der Waals surface area (Å²) in [6, 6.07) is 13.3. The number of nitrogens with one attached hydrogen (secondary N) is 2. The normalized spacial score (nSPS) is 16.0. The van der Waals surface area contributed by atoms with Crippen molar-refractivity contribution < 1.29 is 9.47 Å². The zero-order valence-corrected chi connectivity index (χ0v) is 13.4. The number of anilines is 1. The van der Waals surface area contributed by atoms with Crippen LogP contribution in [0, 0.1) is 0 Å². The van der Waals surface area contributed by atoms with Crippen LogP contribution in [0.4, 0.5) is 5.69 Å². The van der Waals surface area contributed by atoms with Gasteiger partial charge in [0, 0.05) is 24.8 Å². The quantitative estimate of drug-likeness (QED) is 0.890. The van der Waals surface area contributed by atoms with Crippen molar-refractivity contribution in [1.29, 1.82) is 0 Å². The molecule has 2 aliphatic heterocycles. The van der Waals surface area contributed by atoms with Crippen LogP contribution in [0.25, 0.3) is 0 Å². The van der Waals surface area contributed by atoms with E-state index in [-0.39, 0.29) is 0 Å². The van der Waals surface area contributed by atoms with Crippen LogP contribution in [-0.4, -0.2) is 19.4 Å². The molecule has 2 heterocycles. The van der Waals surface area contributed by atoms with Crippen LogP contribution in [0.3, 0.4) is 0 Å². The van der Waals surface area contributed by atoms with Crippen molar-refractivity contribution in [2.75, 3.05) is 18.7 Å². The Morgan fingerprint density at radius 2 is 1.96 bits per heavy atom. The van der Waals surface area contributed by atoms with Gasteiger partial charge in [-0.05, 0) is 54.7 Å². The van der Waals surface area contributed by atoms with Gasteiger partial charge in [-0.3, -0.25) is 0 Å². The highest BCUT2D eigenvalue weighted by molar-refractivity contribution is 5.56. The molecule has 2 aromatic rings. The summed E-state index contributed by atoms with van der Waals surface area (Å²) >= 11 is 0. The first-order valence-corrected chi connectivity index (χ1v) is 8.25. The summed E-state index contributed by atoms with van der Waals surface area (Å²) in [5, 5.41) is 7.00. The Hall–Kier alpha value is -2.20. The summed E-state index contributed by atoms with van der Waals surface area (Å²) in [6.45, 7) is 4.47. The number of benzene rings is 2. The fraction of sp³-hybridized carbons (Fsp3) is 0.368. The van der Waals surface area contributed by atoms with Gasteiger partial charge in [0.1, 0.15) is 0 Å². The molecule has 0 radical (unpaired) electrons. The van der Waals surface area contributed by atoms with E-state index < -0.39 is 0 Å². The average Bonchev–Trinajstić information content (AvgIpc) is 3.20. The molecule has 23 heavy (non-hydrogen) atoms. The maximum Gasteiger partial charge on any atom is 0.231 e. The SMILES string of the molecule is CC(Cc1ccc2c(c1)CCN2)NCc1ccc2c(c1)OCO2. The maximum atomic E-state index is 5.43. The Balaban J connectivity index is 1.34. The van der Waals surface area contributed by atoms with E-state index in [1.165, 1.54) is 22.4 Å². The van der Waals surface area contributed by atoms with Gasteiger partial charge >= 0.3 is 0 Å². The lowest BCUT2D eigenvalue weighted by Gasteiger charge is -2.15. The molecule has 120 valence electrons. The average molecular weight is 310 g/mol. The van der Waals surface area contributed by atoms with Crippen molar-refractivity contribution in [3.05, 3.63) is 53.1 Å². The first-order valence-electron chi connectivity index (χ1n) is 8.25. The molecule has 0 aliphatic carbocycles. The Kier molecular flexibility index (Phi) is 3.83. The molecular formula is C19H22N2O2. The fourth-order valence-electron chi connectivity index (χ4n) is 3.25. The number of fused-ring (bicyclic) bond motifs is 2. The zero-order valence-electron chi connectivity index (χ0n) is 13.4. The molecule has 2 aliphatic rings. The molecule has 4 nitrogen and oxygen atoms in total. The molecule has 0 spiro atoms. The second kappa shape index (κ2) is 6.13. The van der Waals surface area contributed by atoms with Gasteiger partial charge in [0.2, 0.25) is 6.79 Å². The maximum absolute atomic E-state index is 5.43. The van der Waals surface area contributed by atoms with Gasteiger partial charge < -0.3 is 20.1 Å². The van der Waals surface area contributed by atoms with Crippen LogP contribution < -0.4 is 20.1 Å². The summed E-state index contributed by atoms with van der Waals surface area (Å²) in [7, 11) is 0. The highest BCUT2D eigenvalue weighted by Crippen LogP contribution is 2.32. The third kappa shape index (κ3) is 3.13. The summed E-state index contributed by atoms with van der Waals surface area (Å²) in [4.78, 5) is 0. The summed E-state index contributed by atoms with van der Waals surface area (Å²) in [5.74, 6) is 1.69. The second-order valence-corrected chi connectivity index (χ2v) is 6.34. The van der Waals surface area contributed by atoms with Crippen LogP contribution in [-0.2, 0) is 19.4 Å². The van der Waals surface area contributed by atoms with E-state index in [0.29, 0.717) is 12.8 Å². The van der Waals surface area contributed by atoms with Crippen LogP contribution >= 0.6 is 0 Å². The minimum Gasteiger partial charge on any atom is -0.454 e. The lowest BCUT2D eigenvalue weighted by molar-refractivity contribution is 0.174. The molecular weight excluding hydrogens is 288 g/mol. The second-order valence-electron chi connectivity index (χ2n) is 6.34. The van der Waals surface area contributed by atoms with Gasteiger partial charge in [-0.25, -0.2) is 0 Å². The Labute approximate surface area is 136 Å². The van der Waals surface area contributed by atoms with Gasteiger partial charge in [0.25, 0.3) is 0 Å². The third-order valence-corrected chi connectivity index (χ3v) is 4.51. The van der Waals surface area contributed by atoms with Crippen LogP contribution in [0.2, 0.25) is 0 Å². The lowest BCUT2D eigenvalue weighted by atomic mass is 10.0. The number of hydrogen-bond acceptors (Lipinski definition) is 4. The van der Waals surface area contributed by atoms with Gasteiger partial charge in [-0.2, -0.15) is 0 Å². The van der Waals surface area contributed by atoms with E-state index in [1.54, 1.807) is 0 Å². The topological polar surface area (TPSA) is 42.5 Å². The lowest BCUT2D eigenvalue weighted by Crippen LogP contribution is -2.27. The molecule has 1 unspecified atom stereocenters. The molecule has 1 atom stereocenters. The van der Waals surface area contributed by atoms with Crippen molar-refractivity contribution in [2.45, 2.75) is 32.4 Å². The molecule has 0 amide bonds. The molecule has 0 aromatic heterocycles. The predicted molar refractivity (Wildman–Crippen MR) is 91.2 cm³/mol. The van der Waals surface area contributed by atoms with Gasteiger partial charge in [-0.1, -0.05) is 18.2 Å². The van der Waals surface area contributed by atoms with Crippen molar-refractivity contribution in [2.24, 2.45) is 0 Å². The van der Waals surface area contributed by atoms with Crippen molar-refractivity contribution in [1.82, 2.24) is 5.32 Å². The smallest absolute Gasteiger partial charge is 0.231 e. The highest BCUT2D eigenvalue weighted by atomic mass is 16.7.